The van der Waals surface area contributed by atoms with Gasteiger partial charge in [0.1, 0.15) is 4.90 Å². The summed E-state index contributed by atoms with van der Waals surface area (Å²) < 4.78 is 40.3. The molecule has 6 rings (SSSR count). The lowest BCUT2D eigenvalue weighted by atomic mass is 10.0. The Morgan fingerprint density at radius 1 is 0.830 bits per heavy atom. The minimum absolute atomic E-state index is 0.0437. The molecular formula is C32H28N6O8S. The summed E-state index contributed by atoms with van der Waals surface area (Å²) in [5.74, 6) is -2.07. The quantitative estimate of drug-likeness (QED) is 0.120. The van der Waals surface area contributed by atoms with Gasteiger partial charge in [0.2, 0.25) is 15.9 Å². The van der Waals surface area contributed by atoms with Gasteiger partial charge in [-0.3, -0.25) is 4.98 Å². The highest BCUT2D eigenvalue weighted by Crippen LogP contribution is 2.37. The number of carboxylic acids is 2. The van der Waals surface area contributed by atoms with Gasteiger partial charge in [-0.2, -0.15) is 4.98 Å². The zero-order chi connectivity index (χ0) is 33.3. The van der Waals surface area contributed by atoms with Crippen molar-refractivity contribution in [3.8, 4) is 23.0 Å². The van der Waals surface area contributed by atoms with Gasteiger partial charge >= 0.3 is 17.9 Å². The van der Waals surface area contributed by atoms with Crippen LogP contribution in [0.15, 0.2) is 78.0 Å². The van der Waals surface area contributed by atoms with Crippen LogP contribution in [0.25, 0.3) is 22.0 Å². The number of ether oxygens (including phenoxy) is 2. The van der Waals surface area contributed by atoms with Crippen molar-refractivity contribution < 1.29 is 37.7 Å². The van der Waals surface area contributed by atoms with Gasteiger partial charge in [0.25, 0.3) is 0 Å². The third kappa shape index (κ3) is 6.75. The molecule has 240 valence electrons. The largest absolute Gasteiger partial charge is 0.480 e. The van der Waals surface area contributed by atoms with Gasteiger partial charge in [0.15, 0.2) is 0 Å². The van der Waals surface area contributed by atoms with Gasteiger partial charge in [-0.05, 0) is 60.9 Å². The number of carboxylic acid groups (broad SMARTS) is 2. The molecule has 3 aromatic carbocycles. The van der Waals surface area contributed by atoms with E-state index in [1.165, 1.54) is 44.7 Å². The highest BCUT2D eigenvalue weighted by atomic mass is 32.2. The van der Waals surface area contributed by atoms with Crippen molar-refractivity contribution in [3.63, 3.8) is 0 Å². The highest BCUT2D eigenvalue weighted by Gasteiger charge is 2.31. The van der Waals surface area contributed by atoms with Crippen LogP contribution in [0.1, 0.15) is 33.6 Å². The molecule has 0 radical (unpaired) electrons. The maximum Gasteiger partial charge on any atom is 0.335 e. The topological polar surface area (TPSA) is 202 Å². The molecule has 2 aromatic heterocycles. The Kier molecular flexibility index (Phi) is 8.32. The molecule has 0 bridgehead atoms. The van der Waals surface area contributed by atoms with Gasteiger partial charge in [-0.25, -0.2) is 27.7 Å². The van der Waals surface area contributed by atoms with Gasteiger partial charge in [0.05, 0.1) is 42.1 Å². The van der Waals surface area contributed by atoms with Gasteiger partial charge < -0.3 is 30.3 Å². The van der Waals surface area contributed by atoms with Crippen molar-refractivity contribution in [3.05, 3.63) is 84.2 Å². The molecule has 0 aliphatic heterocycles. The maximum atomic E-state index is 13.5. The predicted molar refractivity (Wildman–Crippen MR) is 173 cm³/mol. The molecule has 2 heterocycles. The number of aromatic nitrogens is 3. The molecule has 15 heteroatoms. The molecule has 0 spiro atoms. The van der Waals surface area contributed by atoms with Gasteiger partial charge in [0, 0.05) is 40.9 Å². The van der Waals surface area contributed by atoms with Crippen LogP contribution in [-0.4, -0.2) is 65.8 Å². The SMILES string of the molecule is COc1ncc(-c2ccc3c(Nc4cc(Nc5cccc(C(=O)O)c5)cc(C(=O)O)c4)c(S(=O)(=O)NC4CC4)cnc3c2)c(OC)n1. The first-order chi connectivity index (χ1) is 22.5. The van der Waals surface area contributed by atoms with Crippen LogP contribution < -0.4 is 24.8 Å². The number of methoxy groups -OCH3 is 2. The number of sulfonamides is 1. The molecule has 1 fully saturated rings. The van der Waals surface area contributed by atoms with Crippen LogP contribution in [0.5, 0.6) is 11.9 Å². The Bertz CT molecular complexity index is 2150. The van der Waals surface area contributed by atoms with Crippen molar-refractivity contribution in [1.82, 2.24) is 19.7 Å². The molecule has 5 N–H and O–H groups in total. The third-order valence-electron chi connectivity index (χ3n) is 7.29. The Morgan fingerprint density at radius 3 is 2.23 bits per heavy atom. The fourth-order valence-corrected chi connectivity index (χ4v) is 6.32. The van der Waals surface area contributed by atoms with Crippen molar-refractivity contribution in [2.75, 3.05) is 24.9 Å². The number of benzene rings is 3. The molecular weight excluding hydrogens is 628 g/mol. The number of nitrogens with one attached hydrogen (secondary N) is 3. The molecule has 0 saturated heterocycles. The first-order valence-electron chi connectivity index (χ1n) is 14.2. The fraction of sp³-hybridized carbons (Fsp3) is 0.156. The van der Waals surface area contributed by atoms with Crippen LogP contribution in [-0.2, 0) is 10.0 Å². The van der Waals surface area contributed by atoms with E-state index in [0.717, 1.165) is 12.8 Å². The van der Waals surface area contributed by atoms with E-state index in [1.54, 1.807) is 42.6 Å². The monoisotopic (exact) mass is 656 g/mol. The molecule has 47 heavy (non-hydrogen) atoms. The Hall–Kier alpha value is -5.80. The second-order valence-corrected chi connectivity index (χ2v) is 12.3. The highest BCUT2D eigenvalue weighted by molar-refractivity contribution is 7.89. The standard InChI is InChI=1S/C32H28N6O8S/c1-45-29-25(15-34-32(37-29)46-2)17-6-9-24-26(13-17)33-16-27(47(43,44)38-20-7-8-20)28(24)36-23-12-19(31(41)42)11-22(14-23)35-21-5-3-4-18(10-21)30(39)40/h3-6,9-16,20,35,38H,7-8H2,1-2H3,(H,33,36)(H,39,40)(H,41,42). The maximum absolute atomic E-state index is 13.5. The van der Waals surface area contributed by atoms with E-state index >= 15 is 0 Å². The summed E-state index contributed by atoms with van der Waals surface area (Å²) in [5, 5.41) is 25.9. The van der Waals surface area contributed by atoms with Crippen LogP contribution in [0.4, 0.5) is 22.7 Å². The van der Waals surface area contributed by atoms with Crippen molar-refractivity contribution in [1.29, 1.82) is 0 Å². The normalized spacial score (nSPS) is 12.8. The number of carbonyl (C=O) groups is 2. The zero-order valence-corrected chi connectivity index (χ0v) is 25.8. The minimum Gasteiger partial charge on any atom is -0.480 e. The molecule has 1 saturated carbocycles. The predicted octanol–water partition coefficient (Wildman–Crippen LogP) is 5.03. The van der Waals surface area contributed by atoms with Gasteiger partial charge in [-0.15, -0.1) is 0 Å². The van der Waals surface area contributed by atoms with Crippen LogP contribution in [0.2, 0.25) is 0 Å². The summed E-state index contributed by atoms with van der Waals surface area (Å²) in [6.45, 7) is 0. The fourth-order valence-electron chi connectivity index (χ4n) is 4.90. The van der Waals surface area contributed by atoms with Crippen LogP contribution in [0.3, 0.4) is 0 Å². The Labute approximate surface area is 268 Å². The van der Waals surface area contributed by atoms with E-state index in [1.807, 2.05) is 0 Å². The van der Waals surface area contributed by atoms with E-state index in [-0.39, 0.29) is 45.3 Å². The zero-order valence-electron chi connectivity index (χ0n) is 25.0. The summed E-state index contributed by atoms with van der Waals surface area (Å²) in [4.78, 5) is 36.3. The summed E-state index contributed by atoms with van der Waals surface area (Å²) in [7, 11) is -1.13. The lowest BCUT2D eigenvalue weighted by molar-refractivity contribution is 0.0686. The number of fused-ring (bicyclic) bond motifs is 1. The van der Waals surface area contributed by atoms with Gasteiger partial charge in [-0.1, -0.05) is 18.2 Å². The molecule has 14 nitrogen and oxygen atoms in total. The van der Waals surface area contributed by atoms with Crippen LogP contribution in [0, 0.1) is 0 Å². The van der Waals surface area contributed by atoms with Crippen molar-refractivity contribution in [2.45, 2.75) is 23.8 Å². The van der Waals surface area contributed by atoms with Crippen molar-refractivity contribution >= 4 is 55.6 Å². The first kappa shape index (κ1) is 31.2. The number of hydrogen-bond acceptors (Lipinski definition) is 11. The number of nitrogens with zero attached hydrogens (tertiary/aromatic N) is 3. The summed E-state index contributed by atoms with van der Waals surface area (Å²) in [6.07, 6.45) is 4.23. The summed E-state index contributed by atoms with van der Waals surface area (Å²) in [6, 6.07) is 15.5. The molecule has 1 aliphatic rings. The van der Waals surface area contributed by atoms with E-state index in [9.17, 15) is 28.2 Å². The molecule has 0 unspecified atom stereocenters. The van der Waals surface area contributed by atoms with E-state index in [4.69, 9.17) is 9.47 Å². The lowest BCUT2D eigenvalue weighted by Gasteiger charge is -2.18. The number of aromatic carboxylic acids is 2. The second kappa shape index (κ2) is 12.5. The first-order valence-corrected chi connectivity index (χ1v) is 15.7. The lowest BCUT2D eigenvalue weighted by Crippen LogP contribution is -2.26. The summed E-state index contributed by atoms with van der Waals surface area (Å²) in [5.41, 5.74) is 2.73. The van der Waals surface area contributed by atoms with Crippen molar-refractivity contribution in [2.24, 2.45) is 0 Å². The summed E-state index contributed by atoms with van der Waals surface area (Å²) >= 11 is 0. The molecule has 1 aliphatic carbocycles. The average molecular weight is 657 g/mol. The number of pyridine rings is 1. The second-order valence-electron chi connectivity index (χ2n) is 10.6. The molecule has 5 aromatic rings. The molecule has 0 atom stereocenters. The molecule has 0 amide bonds. The smallest absolute Gasteiger partial charge is 0.335 e. The van der Waals surface area contributed by atoms with E-state index in [0.29, 0.717) is 33.4 Å². The number of rotatable bonds is 12. The third-order valence-corrected chi connectivity index (χ3v) is 8.82. The van der Waals surface area contributed by atoms with Crippen LogP contribution >= 0.6 is 0 Å². The van der Waals surface area contributed by atoms with E-state index in [2.05, 4.69) is 30.3 Å². The number of anilines is 4. The Morgan fingerprint density at radius 2 is 1.55 bits per heavy atom. The number of hydrogen-bond donors (Lipinski definition) is 5. The average Bonchev–Trinajstić information content (AvgIpc) is 3.87. The Balaban J connectivity index is 1.46. The minimum atomic E-state index is -4.03. The van der Waals surface area contributed by atoms with E-state index < -0.39 is 22.0 Å².